The lowest BCUT2D eigenvalue weighted by Gasteiger charge is -2.23. The number of aliphatic carboxylic acids is 1. The Morgan fingerprint density at radius 1 is 1.08 bits per heavy atom. The van der Waals surface area contributed by atoms with E-state index >= 15 is 0 Å². The molecule has 144 valence electrons. The van der Waals surface area contributed by atoms with Crippen molar-refractivity contribution < 1.29 is 19.5 Å². The van der Waals surface area contributed by atoms with E-state index in [0.29, 0.717) is 25.8 Å². The van der Waals surface area contributed by atoms with Crippen LogP contribution in [0.25, 0.3) is 0 Å². The second-order valence-corrected chi connectivity index (χ2v) is 6.31. The zero-order valence-corrected chi connectivity index (χ0v) is 15.0. The van der Waals surface area contributed by atoms with Crippen molar-refractivity contribution in [2.24, 2.45) is 28.1 Å². The maximum atomic E-state index is 12.2. The normalized spacial score (nSPS) is 14.3. The van der Waals surface area contributed by atoms with Crippen LogP contribution in [0.15, 0.2) is 4.99 Å². The number of carboxylic acids is 1. The Labute approximate surface area is 147 Å². The van der Waals surface area contributed by atoms with E-state index in [1.54, 1.807) is 0 Å². The molecular formula is C15H30N6O4. The van der Waals surface area contributed by atoms with Gasteiger partial charge in [0.2, 0.25) is 11.8 Å². The molecule has 0 aromatic rings. The van der Waals surface area contributed by atoms with Gasteiger partial charge in [-0.3, -0.25) is 19.4 Å². The van der Waals surface area contributed by atoms with Gasteiger partial charge in [0.05, 0.1) is 6.04 Å². The summed E-state index contributed by atoms with van der Waals surface area (Å²) >= 11 is 0. The van der Waals surface area contributed by atoms with Crippen LogP contribution in [-0.4, -0.2) is 53.5 Å². The summed E-state index contributed by atoms with van der Waals surface area (Å²) in [6, 6.07) is -2.71. The number of hydrogen-bond donors (Lipinski definition) is 6. The first-order valence-corrected chi connectivity index (χ1v) is 8.19. The molecule has 10 heteroatoms. The standard InChI is InChI=1S/C15H30N6O4/c1-8(2)7-11(13(23)20-9(3)14(24)25)21-12(22)10(16)5-4-6-19-15(17)18/h8-11H,4-7,16H2,1-3H3,(H,20,23)(H,21,22)(H,24,25)(H4,17,18,19)/t9-,10-,11-/m0/s1. The third kappa shape index (κ3) is 10.2. The molecule has 3 atom stereocenters. The summed E-state index contributed by atoms with van der Waals surface area (Å²) in [6.07, 6.45) is 1.23. The van der Waals surface area contributed by atoms with Crippen LogP contribution in [0, 0.1) is 5.92 Å². The van der Waals surface area contributed by atoms with Crippen LogP contribution >= 0.6 is 0 Å². The third-order valence-electron chi connectivity index (χ3n) is 3.37. The van der Waals surface area contributed by atoms with Gasteiger partial charge in [-0.05, 0) is 32.1 Å². The number of carbonyl (C=O) groups excluding carboxylic acids is 2. The summed E-state index contributed by atoms with van der Waals surface area (Å²) in [5.74, 6) is -2.09. The highest BCUT2D eigenvalue weighted by Crippen LogP contribution is 2.06. The smallest absolute Gasteiger partial charge is 0.325 e. The van der Waals surface area contributed by atoms with E-state index in [9.17, 15) is 14.4 Å². The molecule has 0 unspecified atom stereocenters. The number of amides is 2. The molecule has 25 heavy (non-hydrogen) atoms. The van der Waals surface area contributed by atoms with Crippen molar-refractivity contribution in [3.05, 3.63) is 0 Å². The van der Waals surface area contributed by atoms with Gasteiger partial charge >= 0.3 is 5.97 Å². The molecule has 0 aliphatic rings. The largest absolute Gasteiger partial charge is 0.480 e. The van der Waals surface area contributed by atoms with E-state index in [1.807, 2.05) is 13.8 Å². The Morgan fingerprint density at radius 2 is 1.68 bits per heavy atom. The van der Waals surface area contributed by atoms with Gasteiger partial charge < -0.3 is 32.9 Å². The van der Waals surface area contributed by atoms with E-state index in [0.717, 1.165) is 0 Å². The number of nitrogens with two attached hydrogens (primary N) is 3. The predicted molar refractivity (Wildman–Crippen MR) is 94.5 cm³/mol. The fraction of sp³-hybridized carbons (Fsp3) is 0.733. The summed E-state index contributed by atoms with van der Waals surface area (Å²) in [5.41, 5.74) is 16.2. The van der Waals surface area contributed by atoms with Crippen molar-refractivity contribution >= 4 is 23.7 Å². The number of rotatable bonds is 11. The summed E-state index contributed by atoms with van der Waals surface area (Å²) in [7, 11) is 0. The van der Waals surface area contributed by atoms with E-state index in [2.05, 4.69) is 15.6 Å². The van der Waals surface area contributed by atoms with E-state index < -0.39 is 35.9 Å². The molecule has 0 rings (SSSR count). The molecule has 10 nitrogen and oxygen atoms in total. The van der Waals surface area contributed by atoms with Crippen molar-refractivity contribution in [2.45, 2.75) is 58.2 Å². The average molecular weight is 358 g/mol. The summed E-state index contributed by atoms with van der Waals surface area (Å²) in [5, 5.41) is 13.8. The van der Waals surface area contributed by atoms with Crippen LogP contribution in [-0.2, 0) is 14.4 Å². The first kappa shape index (κ1) is 22.6. The fourth-order valence-corrected chi connectivity index (χ4v) is 2.01. The Morgan fingerprint density at radius 3 is 2.16 bits per heavy atom. The first-order valence-electron chi connectivity index (χ1n) is 8.19. The Balaban J connectivity index is 4.67. The quantitative estimate of drug-likeness (QED) is 0.147. The topological polar surface area (TPSA) is 186 Å². The molecule has 0 saturated carbocycles. The molecule has 0 aromatic carbocycles. The van der Waals surface area contributed by atoms with Gasteiger partial charge in [0.1, 0.15) is 12.1 Å². The maximum absolute atomic E-state index is 12.2. The van der Waals surface area contributed by atoms with Gasteiger partial charge in [0, 0.05) is 6.54 Å². The second-order valence-electron chi connectivity index (χ2n) is 6.31. The van der Waals surface area contributed by atoms with Crippen LogP contribution in [0.3, 0.4) is 0 Å². The van der Waals surface area contributed by atoms with Crippen molar-refractivity contribution in [3.63, 3.8) is 0 Å². The Bertz CT molecular complexity index is 490. The lowest BCUT2D eigenvalue weighted by atomic mass is 10.0. The summed E-state index contributed by atoms with van der Waals surface area (Å²) in [6.45, 7) is 5.49. The van der Waals surface area contributed by atoms with Crippen LogP contribution < -0.4 is 27.8 Å². The van der Waals surface area contributed by atoms with E-state index in [-0.39, 0.29) is 11.9 Å². The number of carbonyl (C=O) groups is 3. The number of aliphatic imine (C=N–C) groups is 1. The summed E-state index contributed by atoms with van der Waals surface area (Å²) in [4.78, 5) is 39.0. The van der Waals surface area contributed by atoms with Crippen molar-refractivity contribution in [1.82, 2.24) is 10.6 Å². The fourth-order valence-electron chi connectivity index (χ4n) is 2.01. The lowest BCUT2D eigenvalue weighted by Crippen LogP contribution is -2.54. The molecule has 0 fully saturated rings. The Hall–Kier alpha value is -2.36. The molecule has 2 amide bonds. The van der Waals surface area contributed by atoms with Gasteiger partial charge in [-0.2, -0.15) is 0 Å². The SMILES string of the molecule is CC(C)C[C@H](NC(=O)[C@@H](N)CCCN=C(N)N)C(=O)N[C@@H](C)C(=O)O. The van der Waals surface area contributed by atoms with Crippen LogP contribution in [0.5, 0.6) is 0 Å². The van der Waals surface area contributed by atoms with E-state index in [1.165, 1.54) is 6.92 Å². The monoisotopic (exact) mass is 358 g/mol. The van der Waals surface area contributed by atoms with Crippen molar-refractivity contribution in [3.8, 4) is 0 Å². The minimum atomic E-state index is -1.15. The zero-order chi connectivity index (χ0) is 19.6. The van der Waals surface area contributed by atoms with Crippen molar-refractivity contribution in [1.29, 1.82) is 0 Å². The number of guanidine groups is 1. The van der Waals surface area contributed by atoms with Crippen LogP contribution in [0.1, 0.15) is 40.0 Å². The highest BCUT2D eigenvalue weighted by molar-refractivity contribution is 5.91. The molecule has 0 spiro atoms. The first-order chi connectivity index (χ1) is 11.5. The number of nitrogens with one attached hydrogen (secondary N) is 2. The average Bonchev–Trinajstić information content (AvgIpc) is 2.49. The number of nitrogens with zero attached hydrogens (tertiary/aromatic N) is 1. The molecule has 0 aromatic heterocycles. The molecule has 0 saturated heterocycles. The van der Waals surface area contributed by atoms with Gasteiger partial charge in [0.15, 0.2) is 5.96 Å². The molecule has 0 radical (unpaired) electrons. The third-order valence-corrected chi connectivity index (χ3v) is 3.37. The Kier molecular flexibility index (Phi) is 10.2. The molecule has 0 aliphatic carbocycles. The van der Waals surface area contributed by atoms with Gasteiger partial charge in [0.25, 0.3) is 0 Å². The minimum Gasteiger partial charge on any atom is -0.480 e. The van der Waals surface area contributed by atoms with Gasteiger partial charge in [-0.15, -0.1) is 0 Å². The molecule has 9 N–H and O–H groups in total. The number of carboxylic acid groups (broad SMARTS) is 1. The lowest BCUT2D eigenvalue weighted by molar-refractivity contribution is -0.141. The molecule has 0 heterocycles. The van der Waals surface area contributed by atoms with E-state index in [4.69, 9.17) is 22.3 Å². The van der Waals surface area contributed by atoms with Crippen molar-refractivity contribution in [2.75, 3.05) is 6.54 Å². The maximum Gasteiger partial charge on any atom is 0.325 e. The molecular weight excluding hydrogens is 328 g/mol. The van der Waals surface area contributed by atoms with Gasteiger partial charge in [-0.1, -0.05) is 13.8 Å². The van der Waals surface area contributed by atoms with Crippen LogP contribution in [0.2, 0.25) is 0 Å². The number of hydrogen-bond acceptors (Lipinski definition) is 5. The predicted octanol–water partition coefficient (Wildman–Crippen LogP) is -1.51. The molecule has 0 bridgehead atoms. The van der Waals surface area contributed by atoms with Gasteiger partial charge in [-0.25, -0.2) is 0 Å². The summed E-state index contributed by atoms with van der Waals surface area (Å²) < 4.78 is 0. The van der Waals surface area contributed by atoms with Crippen LogP contribution in [0.4, 0.5) is 0 Å². The molecule has 0 aliphatic heterocycles. The second kappa shape index (κ2) is 11.2. The highest BCUT2D eigenvalue weighted by atomic mass is 16.4. The zero-order valence-electron chi connectivity index (χ0n) is 15.0. The minimum absolute atomic E-state index is 0.0285. The highest BCUT2D eigenvalue weighted by Gasteiger charge is 2.26.